The summed E-state index contributed by atoms with van der Waals surface area (Å²) in [5, 5.41) is 17.5. The van der Waals surface area contributed by atoms with Gasteiger partial charge in [-0.05, 0) is 62.1 Å². The van der Waals surface area contributed by atoms with Crippen LogP contribution in [0.3, 0.4) is 0 Å². The van der Waals surface area contributed by atoms with E-state index in [1.807, 2.05) is 6.07 Å². The number of carbonyl (C=O) groups is 2. The van der Waals surface area contributed by atoms with Crippen molar-refractivity contribution in [3.8, 4) is 5.75 Å². The fraction of sp³-hybridized carbons (Fsp3) is 0.400. The van der Waals surface area contributed by atoms with Gasteiger partial charge in [0.25, 0.3) is 5.91 Å². The molecule has 184 valence electrons. The molecule has 2 aromatic carbocycles. The smallest absolute Gasteiger partial charge is 0.261 e. The Hall–Kier alpha value is -2.81. The summed E-state index contributed by atoms with van der Waals surface area (Å²) in [4.78, 5) is 33.1. The highest BCUT2D eigenvalue weighted by molar-refractivity contribution is 6.31. The van der Waals surface area contributed by atoms with Crippen molar-refractivity contribution in [2.24, 2.45) is 5.92 Å². The molecule has 1 fully saturated rings. The van der Waals surface area contributed by atoms with Gasteiger partial charge in [0.1, 0.15) is 11.6 Å². The van der Waals surface area contributed by atoms with Crippen LogP contribution in [0, 0.1) is 5.92 Å². The number of H-pyrrole nitrogens is 1. The van der Waals surface area contributed by atoms with Gasteiger partial charge in [0.05, 0.1) is 23.7 Å². The van der Waals surface area contributed by atoms with Crippen molar-refractivity contribution in [1.82, 2.24) is 20.6 Å². The molecule has 2 unspecified atom stereocenters. The zero-order valence-corrected chi connectivity index (χ0v) is 20.4. The highest BCUT2D eigenvalue weighted by atomic mass is 35.5. The molecule has 1 aliphatic carbocycles. The topological polar surface area (TPSA) is 116 Å². The Morgan fingerprint density at radius 2 is 1.80 bits per heavy atom. The van der Waals surface area contributed by atoms with Gasteiger partial charge in [0.2, 0.25) is 5.91 Å². The number of nitrogens with zero attached hydrogens (tertiary/aromatic N) is 1. The van der Waals surface area contributed by atoms with Crippen LogP contribution in [0.15, 0.2) is 36.4 Å². The van der Waals surface area contributed by atoms with E-state index in [4.69, 9.17) is 27.9 Å². The Balaban J connectivity index is 1.09. The number of aliphatic hydroxyl groups excluding tert-OH is 1. The van der Waals surface area contributed by atoms with E-state index in [-0.39, 0.29) is 30.2 Å². The molecular formula is C25H26Cl2N4O4. The first-order valence-corrected chi connectivity index (χ1v) is 12.5. The summed E-state index contributed by atoms with van der Waals surface area (Å²) < 4.78 is 5.81. The van der Waals surface area contributed by atoms with E-state index >= 15 is 0 Å². The van der Waals surface area contributed by atoms with Gasteiger partial charge in [-0.1, -0.05) is 23.2 Å². The third-order valence-corrected chi connectivity index (χ3v) is 7.17. The van der Waals surface area contributed by atoms with E-state index in [0.29, 0.717) is 59.4 Å². The van der Waals surface area contributed by atoms with Gasteiger partial charge in [-0.3, -0.25) is 9.59 Å². The molecule has 2 heterocycles. The maximum atomic E-state index is 12.8. The minimum Gasteiger partial charge on any atom is -0.480 e. The lowest BCUT2D eigenvalue weighted by molar-refractivity contribution is -0.131. The van der Waals surface area contributed by atoms with Crippen molar-refractivity contribution in [2.75, 3.05) is 0 Å². The molecule has 1 saturated carbocycles. The van der Waals surface area contributed by atoms with Gasteiger partial charge < -0.3 is 25.5 Å². The largest absolute Gasteiger partial charge is 0.480 e. The quantitative estimate of drug-likeness (QED) is 0.408. The molecule has 2 aliphatic rings. The molecule has 0 bridgehead atoms. The van der Waals surface area contributed by atoms with Gasteiger partial charge >= 0.3 is 0 Å². The summed E-state index contributed by atoms with van der Waals surface area (Å²) in [6.07, 6.45) is 1.37. The maximum absolute atomic E-state index is 12.8. The van der Waals surface area contributed by atoms with Crippen LogP contribution in [0.4, 0.5) is 0 Å². The Morgan fingerprint density at radius 1 is 1.06 bits per heavy atom. The number of aromatic amines is 1. The van der Waals surface area contributed by atoms with Crippen molar-refractivity contribution in [1.29, 1.82) is 0 Å². The van der Waals surface area contributed by atoms with Gasteiger partial charge in [-0.15, -0.1) is 0 Å². The Morgan fingerprint density at radius 3 is 2.60 bits per heavy atom. The van der Waals surface area contributed by atoms with Gasteiger partial charge in [0.15, 0.2) is 6.10 Å². The van der Waals surface area contributed by atoms with Gasteiger partial charge in [-0.25, -0.2) is 4.98 Å². The number of ether oxygens (including phenoxy) is 1. The van der Waals surface area contributed by atoms with Gasteiger partial charge in [-0.2, -0.15) is 0 Å². The molecule has 4 N–H and O–H groups in total. The molecule has 10 heteroatoms. The Labute approximate surface area is 212 Å². The average Bonchev–Trinajstić information content (AvgIpc) is 3.25. The highest BCUT2D eigenvalue weighted by Gasteiger charge is 2.34. The SMILES string of the molecule is O=C(NCc1nc2ccc(Cl)cc2[nH]1)C1CCC(NC(=O)C2CC(O)c3cc(Cl)ccc3O2)CC1. The molecule has 2 atom stereocenters. The number of benzene rings is 2. The van der Waals surface area contributed by atoms with Crippen LogP contribution < -0.4 is 15.4 Å². The average molecular weight is 517 g/mol. The van der Waals surface area contributed by atoms with E-state index in [2.05, 4.69) is 20.6 Å². The fourth-order valence-corrected chi connectivity index (χ4v) is 5.16. The summed E-state index contributed by atoms with van der Waals surface area (Å²) in [6.45, 7) is 0.315. The molecule has 2 amide bonds. The van der Waals surface area contributed by atoms with Crippen molar-refractivity contribution >= 4 is 46.0 Å². The lowest BCUT2D eigenvalue weighted by Gasteiger charge is -2.32. The summed E-state index contributed by atoms with van der Waals surface area (Å²) in [5.74, 6) is 0.785. The van der Waals surface area contributed by atoms with Crippen molar-refractivity contribution in [3.05, 3.63) is 57.8 Å². The van der Waals surface area contributed by atoms with Crippen molar-refractivity contribution < 1.29 is 19.4 Å². The first-order valence-electron chi connectivity index (χ1n) is 11.7. The number of amides is 2. The first-order chi connectivity index (χ1) is 16.9. The number of nitrogens with one attached hydrogen (secondary N) is 3. The monoisotopic (exact) mass is 516 g/mol. The molecular weight excluding hydrogens is 491 g/mol. The van der Waals surface area contributed by atoms with Crippen molar-refractivity contribution in [3.63, 3.8) is 0 Å². The van der Waals surface area contributed by atoms with E-state index in [1.165, 1.54) is 0 Å². The lowest BCUT2D eigenvalue weighted by atomic mass is 9.85. The Kier molecular flexibility index (Phi) is 6.86. The zero-order valence-electron chi connectivity index (χ0n) is 18.9. The molecule has 1 aliphatic heterocycles. The number of aliphatic hydroxyl groups is 1. The molecule has 0 saturated heterocycles. The molecule has 0 radical (unpaired) electrons. The third kappa shape index (κ3) is 5.39. The van der Waals surface area contributed by atoms with E-state index in [1.54, 1.807) is 30.3 Å². The second-order valence-electron chi connectivity index (χ2n) is 9.16. The molecule has 0 spiro atoms. The highest BCUT2D eigenvalue weighted by Crippen LogP contribution is 2.36. The minimum atomic E-state index is -0.809. The molecule has 3 aromatic rings. The Bertz CT molecular complexity index is 1260. The first kappa shape index (κ1) is 23.9. The summed E-state index contributed by atoms with van der Waals surface area (Å²) in [6, 6.07) is 10.4. The number of hydrogen-bond donors (Lipinski definition) is 4. The lowest BCUT2D eigenvalue weighted by Crippen LogP contribution is -2.47. The second-order valence-corrected chi connectivity index (χ2v) is 10.0. The standard InChI is InChI=1S/C25H26Cl2N4O4/c26-14-4-8-21-17(9-14)20(32)11-22(35-21)25(34)29-16-5-1-13(2-6-16)24(33)28-12-23-30-18-7-3-15(27)10-19(18)31-23/h3-4,7-10,13,16,20,22,32H,1-2,5-6,11-12H2,(H,28,33)(H,29,34)(H,30,31). The predicted octanol–water partition coefficient (Wildman–Crippen LogP) is 4.05. The molecule has 1 aromatic heterocycles. The van der Waals surface area contributed by atoms with Gasteiger partial charge in [0, 0.05) is 34.0 Å². The zero-order chi connectivity index (χ0) is 24.5. The number of rotatable bonds is 5. The molecule has 8 nitrogen and oxygen atoms in total. The van der Waals surface area contributed by atoms with E-state index < -0.39 is 12.2 Å². The number of aromatic nitrogens is 2. The normalized spacial score (nSPS) is 23.9. The van der Waals surface area contributed by atoms with Crippen LogP contribution in [0.5, 0.6) is 5.75 Å². The van der Waals surface area contributed by atoms with Crippen LogP contribution in [-0.2, 0) is 16.1 Å². The fourth-order valence-electron chi connectivity index (χ4n) is 4.81. The summed E-state index contributed by atoms with van der Waals surface area (Å²) in [5.41, 5.74) is 2.23. The second kappa shape index (κ2) is 10.0. The third-order valence-electron chi connectivity index (χ3n) is 6.70. The molecule has 5 rings (SSSR count). The number of imidazole rings is 1. The summed E-state index contributed by atoms with van der Waals surface area (Å²) >= 11 is 12.0. The number of fused-ring (bicyclic) bond motifs is 2. The summed E-state index contributed by atoms with van der Waals surface area (Å²) in [7, 11) is 0. The van der Waals surface area contributed by atoms with E-state index in [0.717, 1.165) is 11.0 Å². The number of carbonyl (C=O) groups excluding carboxylic acids is 2. The number of halogens is 2. The van der Waals surface area contributed by atoms with Crippen LogP contribution in [0.25, 0.3) is 11.0 Å². The minimum absolute atomic E-state index is 0.0118. The van der Waals surface area contributed by atoms with Crippen LogP contribution in [0.2, 0.25) is 10.0 Å². The van der Waals surface area contributed by atoms with Crippen LogP contribution in [0.1, 0.15) is 49.6 Å². The van der Waals surface area contributed by atoms with Crippen molar-refractivity contribution in [2.45, 2.75) is 56.9 Å². The molecule has 35 heavy (non-hydrogen) atoms. The van der Waals surface area contributed by atoms with E-state index in [9.17, 15) is 14.7 Å². The van der Waals surface area contributed by atoms with Crippen LogP contribution >= 0.6 is 23.2 Å². The predicted molar refractivity (Wildman–Crippen MR) is 132 cm³/mol. The number of hydrogen-bond acceptors (Lipinski definition) is 5. The maximum Gasteiger partial charge on any atom is 0.261 e. The van der Waals surface area contributed by atoms with Crippen LogP contribution in [-0.4, -0.2) is 39.0 Å².